The van der Waals surface area contributed by atoms with Gasteiger partial charge in [-0.25, -0.2) is 0 Å². The lowest BCUT2D eigenvalue weighted by atomic mass is 9.96. The average molecular weight is 310 g/mol. The molecule has 0 spiro atoms. The van der Waals surface area contributed by atoms with Gasteiger partial charge in [-0.1, -0.05) is 17.7 Å². The molecule has 1 atom stereocenters. The minimum Gasteiger partial charge on any atom is -0.481 e. The Kier molecular flexibility index (Phi) is 5.23. The van der Waals surface area contributed by atoms with Crippen molar-refractivity contribution >= 4 is 23.5 Å². The van der Waals surface area contributed by atoms with Crippen molar-refractivity contribution < 1.29 is 14.7 Å². The second-order valence-electron chi connectivity index (χ2n) is 5.49. The quantitative estimate of drug-likeness (QED) is 0.926. The lowest BCUT2D eigenvalue weighted by Crippen LogP contribution is -2.44. The van der Waals surface area contributed by atoms with Gasteiger partial charge in [-0.05, 0) is 50.3 Å². The number of amides is 1. The third-order valence-electron chi connectivity index (χ3n) is 4.08. The number of hydrogen-bond donors (Lipinski definition) is 1. The number of benzene rings is 1. The summed E-state index contributed by atoms with van der Waals surface area (Å²) in [6.45, 7) is 2.53. The maximum absolute atomic E-state index is 12.7. The van der Waals surface area contributed by atoms with E-state index < -0.39 is 5.97 Å². The molecule has 1 amide bonds. The first-order chi connectivity index (χ1) is 10.0. The Bertz CT molecular complexity index is 544. The summed E-state index contributed by atoms with van der Waals surface area (Å²) < 4.78 is 0. The molecule has 1 aliphatic rings. The number of rotatable bonds is 4. The first-order valence-corrected chi connectivity index (χ1v) is 7.66. The molecule has 1 unspecified atom stereocenters. The first-order valence-electron chi connectivity index (χ1n) is 7.28. The normalized spacial score (nSPS) is 18.6. The van der Waals surface area contributed by atoms with Crippen LogP contribution in [0, 0.1) is 6.92 Å². The second kappa shape index (κ2) is 6.94. The molecule has 4 nitrogen and oxygen atoms in total. The Morgan fingerprint density at radius 2 is 2.14 bits per heavy atom. The van der Waals surface area contributed by atoms with Gasteiger partial charge < -0.3 is 10.0 Å². The van der Waals surface area contributed by atoms with Gasteiger partial charge in [0, 0.05) is 29.6 Å². The highest BCUT2D eigenvalue weighted by atomic mass is 35.5. The molecular formula is C16H20ClNO3. The van der Waals surface area contributed by atoms with E-state index >= 15 is 0 Å². The van der Waals surface area contributed by atoms with E-state index in [1.165, 1.54) is 0 Å². The van der Waals surface area contributed by atoms with Crippen LogP contribution in [0.2, 0.25) is 5.02 Å². The van der Waals surface area contributed by atoms with Gasteiger partial charge in [0.1, 0.15) is 0 Å². The van der Waals surface area contributed by atoms with Crippen LogP contribution in [0.25, 0.3) is 0 Å². The van der Waals surface area contributed by atoms with Gasteiger partial charge in [-0.3, -0.25) is 9.59 Å². The smallest absolute Gasteiger partial charge is 0.303 e. The Balaban J connectivity index is 2.18. The maximum Gasteiger partial charge on any atom is 0.303 e. The fourth-order valence-corrected chi connectivity index (χ4v) is 3.03. The highest BCUT2D eigenvalue weighted by molar-refractivity contribution is 6.31. The third kappa shape index (κ3) is 3.76. The van der Waals surface area contributed by atoms with E-state index in [1.54, 1.807) is 18.2 Å². The van der Waals surface area contributed by atoms with Gasteiger partial charge in [-0.2, -0.15) is 0 Å². The van der Waals surface area contributed by atoms with E-state index in [0.717, 1.165) is 24.8 Å². The number of carbonyl (C=O) groups excluding carboxylic acids is 1. The number of piperidine rings is 1. The van der Waals surface area contributed by atoms with Gasteiger partial charge in [0.05, 0.1) is 0 Å². The minimum absolute atomic E-state index is 0.0146. The summed E-state index contributed by atoms with van der Waals surface area (Å²) in [7, 11) is 0. The van der Waals surface area contributed by atoms with E-state index in [2.05, 4.69) is 0 Å². The summed E-state index contributed by atoms with van der Waals surface area (Å²) in [4.78, 5) is 25.3. The van der Waals surface area contributed by atoms with E-state index in [9.17, 15) is 9.59 Å². The standard InChI is InChI=1S/C16H20ClNO3/c1-11-13(6-4-7-14(11)17)16(21)18-10-3-2-5-12(18)8-9-15(19)20/h4,6-7,12H,2-3,5,8-10H2,1H3,(H,19,20). The van der Waals surface area contributed by atoms with Gasteiger partial charge in [0.15, 0.2) is 0 Å². The number of halogens is 1. The highest BCUT2D eigenvalue weighted by Crippen LogP contribution is 2.26. The molecule has 0 aliphatic carbocycles. The van der Waals surface area contributed by atoms with E-state index in [1.807, 2.05) is 11.8 Å². The zero-order valence-electron chi connectivity index (χ0n) is 12.1. The van der Waals surface area contributed by atoms with Crippen molar-refractivity contribution in [3.8, 4) is 0 Å². The number of carboxylic acids is 1. The van der Waals surface area contributed by atoms with Crippen molar-refractivity contribution in [2.75, 3.05) is 6.54 Å². The van der Waals surface area contributed by atoms with Crippen LogP contribution in [0.3, 0.4) is 0 Å². The minimum atomic E-state index is -0.813. The van der Waals surface area contributed by atoms with Crippen molar-refractivity contribution in [1.29, 1.82) is 0 Å². The largest absolute Gasteiger partial charge is 0.481 e. The Morgan fingerprint density at radius 3 is 2.86 bits per heavy atom. The number of likely N-dealkylation sites (tertiary alicyclic amines) is 1. The molecule has 21 heavy (non-hydrogen) atoms. The molecule has 1 fully saturated rings. The van der Waals surface area contributed by atoms with Crippen LogP contribution in [-0.2, 0) is 4.79 Å². The van der Waals surface area contributed by atoms with Crippen molar-refractivity contribution in [2.45, 2.75) is 45.1 Å². The number of nitrogens with zero attached hydrogens (tertiary/aromatic N) is 1. The molecule has 0 radical (unpaired) electrons. The van der Waals surface area contributed by atoms with Gasteiger partial charge in [0.2, 0.25) is 0 Å². The van der Waals surface area contributed by atoms with E-state index in [4.69, 9.17) is 16.7 Å². The summed E-state index contributed by atoms with van der Waals surface area (Å²) in [5.41, 5.74) is 1.40. The van der Waals surface area contributed by atoms with Crippen LogP contribution >= 0.6 is 11.6 Å². The molecule has 1 aromatic carbocycles. The molecule has 1 N–H and O–H groups in total. The second-order valence-corrected chi connectivity index (χ2v) is 5.90. The molecule has 114 valence electrons. The van der Waals surface area contributed by atoms with Crippen molar-refractivity contribution in [3.63, 3.8) is 0 Å². The number of aliphatic carboxylic acids is 1. The summed E-state index contributed by atoms with van der Waals surface area (Å²) in [5.74, 6) is -0.850. The summed E-state index contributed by atoms with van der Waals surface area (Å²) in [6.07, 6.45) is 3.50. The SMILES string of the molecule is Cc1c(Cl)cccc1C(=O)N1CCCCC1CCC(=O)O. The zero-order valence-corrected chi connectivity index (χ0v) is 12.9. The van der Waals surface area contributed by atoms with Gasteiger partial charge in [-0.15, -0.1) is 0 Å². The number of hydrogen-bond acceptors (Lipinski definition) is 2. The van der Waals surface area contributed by atoms with E-state index in [0.29, 0.717) is 23.6 Å². The number of carbonyl (C=O) groups is 2. The van der Waals surface area contributed by atoms with Crippen molar-refractivity contribution in [2.24, 2.45) is 0 Å². The summed E-state index contributed by atoms with van der Waals surface area (Å²) >= 11 is 6.09. The summed E-state index contributed by atoms with van der Waals surface area (Å²) in [5, 5.41) is 9.43. The fraction of sp³-hybridized carbons (Fsp3) is 0.500. The maximum atomic E-state index is 12.7. The fourth-order valence-electron chi connectivity index (χ4n) is 2.85. The average Bonchev–Trinajstić information content (AvgIpc) is 2.47. The highest BCUT2D eigenvalue weighted by Gasteiger charge is 2.28. The van der Waals surface area contributed by atoms with Gasteiger partial charge >= 0.3 is 5.97 Å². The molecule has 1 aliphatic heterocycles. The molecule has 0 bridgehead atoms. The predicted octanol–water partition coefficient (Wildman–Crippen LogP) is 3.51. The van der Waals surface area contributed by atoms with Gasteiger partial charge in [0.25, 0.3) is 5.91 Å². The first kappa shape index (κ1) is 15.8. The van der Waals surface area contributed by atoms with Crippen LogP contribution in [0.4, 0.5) is 0 Å². The Hall–Kier alpha value is -1.55. The topological polar surface area (TPSA) is 57.6 Å². The molecule has 1 heterocycles. The molecule has 5 heteroatoms. The van der Waals surface area contributed by atoms with Crippen molar-refractivity contribution in [3.05, 3.63) is 34.3 Å². The zero-order chi connectivity index (χ0) is 15.4. The number of carboxylic acid groups (broad SMARTS) is 1. The van der Waals surface area contributed by atoms with Crippen LogP contribution in [0.15, 0.2) is 18.2 Å². The molecular weight excluding hydrogens is 290 g/mol. The van der Waals surface area contributed by atoms with Crippen molar-refractivity contribution in [1.82, 2.24) is 4.90 Å². The third-order valence-corrected chi connectivity index (χ3v) is 4.49. The monoisotopic (exact) mass is 309 g/mol. The van der Waals surface area contributed by atoms with Crippen LogP contribution in [0.5, 0.6) is 0 Å². The van der Waals surface area contributed by atoms with Crippen LogP contribution < -0.4 is 0 Å². The lowest BCUT2D eigenvalue weighted by Gasteiger charge is -2.36. The molecule has 1 saturated heterocycles. The molecule has 2 rings (SSSR count). The molecule has 0 saturated carbocycles. The Morgan fingerprint density at radius 1 is 1.38 bits per heavy atom. The Labute approximate surface area is 129 Å². The molecule has 1 aromatic rings. The van der Waals surface area contributed by atoms with Crippen LogP contribution in [-0.4, -0.2) is 34.5 Å². The summed E-state index contributed by atoms with van der Waals surface area (Å²) in [6, 6.07) is 5.34. The molecule has 0 aromatic heterocycles. The van der Waals surface area contributed by atoms with E-state index in [-0.39, 0.29) is 18.4 Å². The van der Waals surface area contributed by atoms with Crippen LogP contribution in [0.1, 0.15) is 48.0 Å². The lowest BCUT2D eigenvalue weighted by molar-refractivity contribution is -0.137. The predicted molar refractivity (Wildman–Crippen MR) is 81.7 cm³/mol.